The second-order valence-corrected chi connectivity index (χ2v) is 9.45. The zero-order valence-electron chi connectivity index (χ0n) is 18.0. The van der Waals surface area contributed by atoms with E-state index >= 15 is 0 Å². The van der Waals surface area contributed by atoms with Crippen molar-refractivity contribution in [3.05, 3.63) is 82.7 Å². The number of rotatable bonds is 4. The van der Waals surface area contributed by atoms with Crippen molar-refractivity contribution in [1.82, 2.24) is 19.0 Å². The lowest BCUT2D eigenvalue weighted by molar-refractivity contribution is -0.129. The van der Waals surface area contributed by atoms with Gasteiger partial charge in [0.1, 0.15) is 17.5 Å². The summed E-state index contributed by atoms with van der Waals surface area (Å²) in [6, 6.07) is 18.5. The highest BCUT2D eigenvalue weighted by Crippen LogP contribution is 2.49. The fraction of sp³-hybridized carbons (Fsp3) is 0.200. The summed E-state index contributed by atoms with van der Waals surface area (Å²) in [5.74, 6) is 0.100. The van der Waals surface area contributed by atoms with Crippen molar-refractivity contribution < 1.29 is 9.90 Å². The van der Waals surface area contributed by atoms with Crippen LogP contribution < -0.4 is 5.69 Å². The van der Waals surface area contributed by atoms with Gasteiger partial charge in [0, 0.05) is 22.2 Å². The van der Waals surface area contributed by atoms with Crippen LogP contribution in [0.15, 0.2) is 70.5 Å². The molecule has 0 aliphatic carbocycles. The monoisotopic (exact) mass is 469 g/mol. The third kappa shape index (κ3) is 2.96. The zero-order valence-corrected chi connectivity index (χ0v) is 18.8. The standard InChI is InChI=1S/C25H19N5O3S/c26-11-19-17-8-4-5-9-18(17)21(12-27-19)30-24(32)23-20-10-15(29(23)25(30)33)13-28(20)22(31)14-34-16-6-2-1-3-7-16/h1-9,12,15,20,32H,10,13-14H2. The molecule has 1 amide bonds. The van der Waals surface area contributed by atoms with E-state index < -0.39 is 0 Å². The van der Waals surface area contributed by atoms with Crippen LogP contribution in [-0.2, 0) is 4.79 Å². The van der Waals surface area contributed by atoms with Crippen molar-refractivity contribution in [1.29, 1.82) is 5.26 Å². The van der Waals surface area contributed by atoms with E-state index in [2.05, 4.69) is 11.1 Å². The van der Waals surface area contributed by atoms with Crippen LogP contribution in [-0.4, -0.2) is 42.3 Å². The molecule has 2 aliphatic heterocycles. The minimum absolute atomic E-state index is 0.0160. The molecule has 8 nitrogen and oxygen atoms in total. The highest BCUT2D eigenvalue weighted by molar-refractivity contribution is 8.00. The van der Waals surface area contributed by atoms with Crippen molar-refractivity contribution in [3.63, 3.8) is 0 Å². The lowest BCUT2D eigenvalue weighted by Gasteiger charge is -2.27. The molecule has 2 bridgehead atoms. The van der Waals surface area contributed by atoms with Crippen LogP contribution in [0.2, 0.25) is 0 Å². The molecular formula is C25H19N5O3S. The molecular weight excluding hydrogens is 450 g/mol. The number of hydrogen-bond acceptors (Lipinski definition) is 6. The number of aromatic nitrogens is 3. The Bertz CT molecular complexity index is 1550. The minimum Gasteiger partial charge on any atom is -0.493 e. The summed E-state index contributed by atoms with van der Waals surface area (Å²) in [5, 5.41) is 21.9. The number of nitrogens with zero attached hydrogens (tertiary/aromatic N) is 5. The molecule has 2 aromatic carbocycles. The molecule has 2 aliphatic rings. The minimum atomic E-state index is -0.359. The second-order valence-electron chi connectivity index (χ2n) is 8.40. The van der Waals surface area contributed by atoms with Crippen molar-refractivity contribution >= 4 is 28.4 Å². The van der Waals surface area contributed by atoms with Crippen molar-refractivity contribution in [3.8, 4) is 17.6 Å². The zero-order chi connectivity index (χ0) is 23.4. The van der Waals surface area contributed by atoms with E-state index in [4.69, 9.17) is 0 Å². The molecule has 0 radical (unpaired) electrons. The Hall–Kier alpha value is -4.03. The lowest BCUT2D eigenvalue weighted by Crippen LogP contribution is -2.38. The number of imidazole rings is 1. The maximum atomic E-state index is 13.4. The molecule has 1 fully saturated rings. The van der Waals surface area contributed by atoms with Gasteiger partial charge in [-0.25, -0.2) is 14.3 Å². The molecule has 2 atom stereocenters. The summed E-state index contributed by atoms with van der Waals surface area (Å²) in [6.45, 7) is 0.446. The van der Waals surface area contributed by atoms with Gasteiger partial charge in [-0.2, -0.15) is 5.26 Å². The Morgan fingerprint density at radius 3 is 2.65 bits per heavy atom. The Morgan fingerprint density at radius 2 is 1.88 bits per heavy atom. The predicted octanol–water partition coefficient (Wildman–Crippen LogP) is 3.38. The van der Waals surface area contributed by atoms with E-state index in [1.54, 1.807) is 27.7 Å². The molecule has 1 N–H and O–H groups in total. The van der Waals surface area contributed by atoms with Crippen LogP contribution in [0.5, 0.6) is 5.88 Å². The van der Waals surface area contributed by atoms with Gasteiger partial charge in [0.25, 0.3) is 0 Å². The van der Waals surface area contributed by atoms with Crippen LogP contribution in [0.3, 0.4) is 0 Å². The van der Waals surface area contributed by atoms with Crippen molar-refractivity contribution in [2.24, 2.45) is 0 Å². The predicted molar refractivity (Wildman–Crippen MR) is 127 cm³/mol. The van der Waals surface area contributed by atoms with Gasteiger partial charge < -0.3 is 10.0 Å². The Balaban J connectivity index is 1.37. The summed E-state index contributed by atoms with van der Waals surface area (Å²) >= 11 is 1.48. The Morgan fingerprint density at radius 1 is 1.15 bits per heavy atom. The van der Waals surface area contributed by atoms with Gasteiger partial charge in [-0.05, 0) is 18.6 Å². The molecule has 4 heterocycles. The summed E-state index contributed by atoms with van der Waals surface area (Å²) < 4.78 is 2.86. The number of carbonyl (C=O) groups is 1. The largest absolute Gasteiger partial charge is 0.493 e. The fourth-order valence-corrected chi connectivity index (χ4v) is 5.93. The number of likely N-dealkylation sites (tertiary alicyclic amines) is 1. The average molecular weight is 470 g/mol. The number of hydrogen-bond donors (Lipinski definition) is 1. The number of pyridine rings is 1. The normalized spacial score (nSPS) is 18.3. The topological polar surface area (TPSA) is 104 Å². The lowest BCUT2D eigenvalue weighted by atomic mass is 10.1. The SMILES string of the molecule is N#Cc1ncc(-n2c(O)c3n(c2=O)C2CC3N(C(=O)CSc3ccccc3)C2)c2ccccc12. The van der Waals surface area contributed by atoms with Gasteiger partial charge in [-0.15, -0.1) is 11.8 Å². The quantitative estimate of drug-likeness (QED) is 0.460. The van der Waals surface area contributed by atoms with Gasteiger partial charge in [0.05, 0.1) is 29.7 Å². The average Bonchev–Trinajstić information content (AvgIpc) is 3.54. The van der Waals surface area contributed by atoms with Crippen LogP contribution in [0.25, 0.3) is 16.5 Å². The molecule has 4 aromatic rings. The van der Waals surface area contributed by atoms with Gasteiger partial charge in [-0.3, -0.25) is 9.36 Å². The van der Waals surface area contributed by atoms with E-state index in [0.29, 0.717) is 40.9 Å². The smallest absolute Gasteiger partial charge is 0.336 e. The van der Waals surface area contributed by atoms with Crippen LogP contribution in [0.1, 0.15) is 29.9 Å². The molecule has 2 unspecified atom stereocenters. The number of fused-ring (bicyclic) bond motifs is 6. The van der Waals surface area contributed by atoms with Gasteiger partial charge >= 0.3 is 5.69 Å². The number of benzene rings is 2. The number of nitriles is 1. The first-order valence-electron chi connectivity index (χ1n) is 10.9. The number of aromatic hydroxyl groups is 1. The van der Waals surface area contributed by atoms with Gasteiger partial charge in [0.15, 0.2) is 0 Å². The molecule has 0 saturated carbocycles. The van der Waals surface area contributed by atoms with Crippen molar-refractivity contribution in [2.75, 3.05) is 12.3 Å². The molecule has 6 rings (SSSR count). The van der Waals surface area contributed by atoms with E-state index in [9.17, 15) is 20.0 Å². The molecule has 2 aromatic heterocycles. The highest BCUT2D eigenvalue weighted by atomic mass is 32.2. The molecule has 34 heavy (non-hydrogen) atoms. The number of amides is 1. The van der Waals surface area contributed by atoms with Crippen LogP contribution >= 0.6 is 11.8 Å². The third-order valence-electron chi connectivity index (χ3n) is 6.60. The highest BCUT2D eigenvalue weighted by Gasteiger charge is 2.49. The first kappa shape index (κ1) is 20.6. The van der Waals surface area contributed by atoms with E-state index in [-0.39, 0.29) is 35.3 Å². The second kappa shape index (κ2) is 7.78. The summed E-state index contributed by atoms with van der Waals surface area (Å²) in [7, 11) is 0. The van der Waals surface area contributed by atoms with Gasteiger partial charge in [-0.1, -0.05) is 42.5 Å². The Kier molecular flexibility index (Phi) is 4.71. The summed E-state index contributed by atoms with van der Waals surface area (Å²) in [4.78, 5) is 33.4. The molecule has 9 heteroatoms. The first-order valence-corrected chi connectivity index (χ1v) is 11.9. The first-order chi connectivity index (χ1) is 16.6. The molecule has 168 valence electrons. The third-order valence-corrected chi connectivity index (χ3v) is 7.60. The maximum Gasteiger partial charge on any atom is 0.336 e. The number of thioether (sulfide) groups is 1. The van der Waals surface area contributed by atoms with Crippen LogP contribution in [0.4, 0.5) is 0 Å². The molecule has 1 saturated heterocycles. The Labute approximate surface area is 198 Å². The summed E-state index contributed by atoms with van der Waals surface area (Å²) in [5.41, 5.74) is 0.775. The summed E-state index contributed by atoms with van der Waals surface area (Å²) in [6.07, 6.45) is 2.06. The van der Waals surface area contributed by atoms with E-state index in [1.807, 2.05) is 36.4 Å². The van der Waals surface area contributed by atoms with Crippen molar-refractivity contribution in [2.45, 2.75) is 23.4 Å². The van der Waals surface area contributed by atoms with E-state index in [0.717, 1.165) is 4.90 Å². The fourth-order valence-electron chi connectivity index (χ4n) is 5.13. The van der Waals surface area contributed by atoms with E-state index in [1.165, 1.54) is 22.5 Å². The maximum absolute atomic E-state index is 13.4. The van der Waals surface area contributed by atoms with Gasteiger partial charge in [0.2, 0.25) is 11.8 Å². The molecule has 0 spiro atoms. The number of carbonyl (C=O) groups excluding carboxylic acids is 1. The van der Waals surface area contributed by atoms with Crippen LogP contribution in [0, 0.1) is 11.3 Å².